The van der Waals surface area contributed by atoms with Gasteiger partial charge in [-0.15, -0.1) is 0 Å². The van der Waals surface area contributed by atoms with Gasteiger partial charge in [-0.2, -0.15) is 0 Å². The number of carbonyl (C=O) groups excluding carboxylic acids is 2. The van der Waals surface area contributed by atoms with Crippen LogP contribution in [0.2, 0.25) is 0 Å². The summed E-state index contributed by atoms with van der Waals surface area (Å²) in [6.45, 7) is 11.2. The molecule has 3 aliphatic rings. The zero-order chi connectivity index (χ0) is 23.3. The molecule has 1 aliphatic heterocycles. The summed E-state index contributed by atoms with van der Waals surface area (Å²) in [5.74, 6) is -0.181. The predicted octanol–water partition coefficient (Wildman–Crippen LogP) is 1.03. The molecule has 32 heavy (non-hydrogen) atoms. The van der Waals surface area contributed by atoms with Gasteiger partial charge in [0.15, 0.2) is 0 Å². The molecule has 7 unspecified atom stereocenters. The summed E-state index contributed by atoms with van der Waals surface area (Å²) in [5, 5.41) is 17.6. The zero-order valence-corrected chi connectivity index (χ0v) is 20.3. The summed E-state index contributed by atoms with van der Waals surface area (Å²) in [7, 11) is 1.52. The third kappa shape index (κ3) is 5.82. The number of nitrogens with zero attached hydrogens (tertiary/aromatic N) is 1. The maximum Gasteiger partial charge on any atom is 0.246 e. The predicted molar refractivity (Wildman–Crippen MR) is 122 cm³/mol. The number of aliphatic hydroxyl groups excluding tert-OH is 1. The van der Waals surface area contributed by atoms with Gasteiger partial charge >= 0.3 is 0 Å². The molecule has 0 radical (unpaired) electrons. The molecule has 0 aromatic carbocycles. The molecule has 8 nitrogen and oxygen atoms in total. The average molecular weight is 454 g/mol. The van der Waals surface area contributed by atoms with Crippen LogP contribution in [0, 0.1) is 29.1 Å². The van der Waals surface area contributed by atoms with Crippen LogP contribution in [0.25, 0.3) is 0 Å². The Morgan fingerprint density at radius 1 is 1.25 bits per heavy atom. The Labute approximate surface area is 192 Å². The van der Waals surface area contributed by atoms with Crippen LogP contribution in [0.5, 0.6) is 0 Å². The van der Waals surface area contributed by atoms with Crippen molar-refractivity contribution in [3.63, 3.8) is 0 Å². The largest absolute Gasteiger partial charge is 0.392 e. The second kappa shape index (κ2) is 11.3. The van der Waals surface area contributed by atoms with Gasteiger partial charge in [0.2, 0.25) is 11.8 Å². The summed E-state index contributed by atoms with van der Waals surface area (Å²) in [6, 6.07) is 0.0294. The first kappa shape index (κ1) is 25.4. The second-order valence-corrected chi connectivity index (χ2v) is 10.4. The highest BCUT2D eigenvalue weighted by Crippen LogP contribution is 2.55. The van der Waals surface area contributed by atoms with Crippen LogP contribution < -0.4 is 10.6 Å². The number of amides is 2. The van der Waals surface area contributed by atoms with Gasteiger partial charge < -0.3 is 25.2 Å². The van der Waals surface area contributed by atoms with Crippen LogP contribution in [0.3, 0.4) is 0 Å². The van der Waals surface area contributed by atoms with Crippen molar-refractivity contribution in [2.75, 3.05) is 53.1 Å². The van der Waals surface area contributed by atoms with Gasteiger partial charge in [0, 0.05) is 45.2 Å². The molecule has 7 atom stereocenters. The van der Waals surface area contributed by atoms with Gasteiger partial charge in [-0.05, 0) is 48.9 Å². The van der Waals surface area contributed by atoms with Crippen LogP contribution >= 0.6 is 0 Å². The number of morpholine rings is 1. The summed E-state index contributed by atoms with van der Waals surface area (Å²) in [5.41, 5.74) is 0.0460. The Bertz CT molecular complexity index is 641. The fourth-order valence-electron chi connectivity index (χ4n) is 6.39. The number of aliphatic hydroxyl groups is 1. The minimum absolute atomic E-state index is 0.0272. The lowest BCUT2D eigenvalue weighted by Crippen LogP contribution is -2.58. The van der Waals surface area contributed by atoms with E-state index in [1.165, 1.54) is 7.11 Å². The molecule has 0 aromatic heterocycles. The number of hydrogen-bond acceptors (Lipinski definition) is 6. The van der Waals surface area contributed by atoms with Crippen molar-refractivity contribution < 1.29 is 24.2 Å². The molecule has 2 aliphatic carbocycles. The third-order valence-corrected chi connectivity index (χ3v) is 8.40. The Morgan fingerprint density at radius 3 is 2.62 bits per heavy atom. The lowest BCUT2D eigenvalue weighted by Gasteiger charge is -2.56. The van der Waals surface area contributed by atoms with E-state index in [1.807, 2.05) is 6.92 Å². The topological polar surface area (TPSA) is 100 Å². The summed E-state index contributed by atoms with van der Waals surface area (Å²) in [6.07, 6.45) is 3.21. The first-order valence-electron chi connectivity index (χ1n) is 12.3. The molecular formula is C24H43N3O5. The van der Waals surface area contributed by atoms with Gasteiger partial charge in [-0.25, -0.2) is 0 Å². The van der Waals surface area contributed by atoms with E-state index in [0.29, 0.717) is 6.54 Å². The third-order valence-electron chi connectivity index (χ3n) is 8.40. The van der Waals surface area contributed by atoms with Crippen molar-refractivity contribution >= 4 is 11.8 Å². The number of nitrogens with one attached hydrogen (secondary N) is 2. The van der Waals surface area contributed by atoms with Gasteiger partial charge in [0.05, 0.1) is 19.3 Å². The average Bonchev–Trinajstić information content (AvgIpc) is 2.76. The van der Waals surface area contributed by atoms with Gasteiger partial charge in [-0.3, -0.25) is 14.5 Å². The monoisotopic (exact) mass is 453 g/mol. The smallest absolute Gasteiger partial charge is 0.246 e. The number of hydrogen-bond donors (Lipinski definition) is 3. The SMILES string of the molecule is COCC(=O)NC1CCC2(C)CCC(C(C)C(=O)NCCN3CCOCC3)C(O)C2C1C. The van der Waals surface area contributed by atoms with E-state index in [2.05, 4.69) is 29.4 Å². The summed E-state index contributed by atoms with van der Waals surface area (Å²) in [4.78, 5) is 27.3. The van der Waals surface area contributed by atoms with E-state index >= 15 is 0 Å². The van der Waals surface area contributed by atoms with E-state index in [1.54, 1.807) is 0 Å². The molecule has 0 spiro atoms. The van der Waals surface area contributed by atoms with Crippen LogP contribution in [0.1, 0.15) is 46.5 Å². The van der Waals surface area contributed by atoms with E-state index in [9.17, 15) is 14.7 Å². The van der Waals surface area contributed by atoms with E-state index in [4.69, 9.17) is 9.47 Å². The van der Waals surface area contributed by atoms with Crippen LogP contribution in [-0.2, 0) is 19.1 Å². The van der Waals surface area contributed by atoms with Crippen LogP contribution in [-0.4, -0.2) is 87.1 Å². The first-order valence-corrected chi connectivity index (χ1v) is 12.3. The fourth-order valence-corrected chi connectivity index (χ4v) is 6.39. The number of fused-ring (bicyclic) bond motifs is 1. The van der Waals surface area contributed by atoms with Crippen molar-refractivity contribution in [1.82, 2.24) is 15.5 Å². The van der Waals surface area contributed by atoms with Crippen molar-refractivity contribution in [1.29, 1.82) is 0 Å². The molecule has 0 aromatic rings. The minimum atomic E-state index is -0.550. The highest BCUT2D eigenvalue weighted by Gasteiger charge is 2.53. The molecule has 3 fully saturated rings. The Morgan fingerprint density at radius 2 is 1.94 bits per heavy atom. The fraction of sp³-hybridized carbons (Fsp3) is 0.917. The number of methoxy groups -OCH3 is 1. The maximum absolute atomic E-state index is 12.9. The van der Waals surface area contributed by atoms with Crippen molar-refractivity contribution in [3.8, 4) is 0 Å². The maximum atomic E-state index is 12.9. The first-order chi connectivity index (χ1) is 15.3. The van der Waals surface area contributed by atoms with Gasteiger partial charge in [-0.1, -0.05) is 20.8 Å². The van der Waals surface area contributed by atoms with Gasteiger partial charge in [0.1, 0.15) is 6.61 Å². The van der Waals surface area contributed by atoms with Crippen LogP contribution in [0.4, 0.5) is 0 Å². The van der Waals surface area contributed by atoms with E-state index < -0.39 is 6.10 Å². The zero-order valence-electron chi connectivity index (χ0n) is 20.3. The summed E-state index contributed by atoms with van der Waals surface area (Å²) < 4.78 is 10.3. The van der Waals surface area contributed by atoms with Crippen molar-refractivity contribution in [2.45, 2.75) is 58.6 Å². The molecule has 1 heterocycles. The number of rotatable bonds is 8. The molecule has 8 heteroatoms. The molecule has 0 bridgehead atoms. The lowest BCUT2D eigenvalue weighted by atomic mass is 9.51. The Balaban J connectivity index is 1.57. The van der Waals surface area contributed by atoms with E-state index in [-0.39, 0.29) is 53.5 Å². The highest BCUT2D eigenvalue weighted by molar-refractivity contribution is 5.78. The van der Waals surface area contributed by atoms with Crippen LogP contribution in [0.15, 0.2) is 0 Å². The minimum Gasteiger partial charge on any atom is -0.392 e. The second-order valence-electron chi connectivity index (χ2n) is 10.4. The quantitative estimate of drug-likeness (QED) is 0.508. The number of ether oxygens (including phenoxy) is 2. The standard InChI is InChI=1S/C24H43N3O5/c1-16(23(30)25-9-10-27-11-13-32-14-12-27)18-5-7-24(3)8-6-19(26-20(28)15-31-4)17(2)21(24)22(18)29/h16-19,21-22,29H,5-15H2,1-4H3,(H,25,30)(H,26,28). The Hall–Kier alpha value is -1.22. The molecule has 1 saturated heterocycles. The molecule has 184 valence electrons. The Kier molecular flexibility index (Phi) is 8.95. The lowest BCUT2D eigenvalue weighted by molar-refractivity contribution is -0.144. The molecule has 2 saturated carbocycles. The molecular weight excluding hydrogens is 410 g/mol. The summed E-state index contributed by atoms with van der Waals surface area (Å²) >= 11 is 0. The van der Waals surface area contributed by atoms with E-state index in [0.717, 1.165) is 58.5 Å². The normalized spacial score (nSPS) is 36.7. The van der Waals surface area contributed by atoms with Gasteiger partial charge in [0.25, 0.3) is 0 Å². The molecule has 3 rings (SSSR count). The van der Waals surface area contributed by atoms with Crippen molar-refractivity contribution in [3.05, 3.63) is 0 Å². The van der Waals surface area contributed by atoms with Crippen molar-refractivity contribution in [2.24, 2.45) is 29.1 Å². The molecule has 3 N–H and O–H groups in total. The molecule has 2 amide bonds. The number of carbonyl (C=O) groups is 2. The highest BCUT2D eigenvalue weighted by atomic mass is 16.5.